The standard InChI is InChI=1S/C50H43F2N7O10S3/c1-56(70(2,64)65)33-16-18-36-38(21-33)72(68,69)55-48(42-46(61)40-28-8-10-30(20-28)44(40)58(50(42)63)24-26-5-13-32(52)14-6-26)59(36)34-15-17-35-37(22-34)71(66,67)54-47(53-35)41-45(60)39-27-7-9-29(19-27)43(39)57(49(41)62)23-25-3-11-31(51)12-4-25/h3-18,21-22,27-30,39-40,43-44,60-61H,19-20,23-24H2,1-2H3,(H,53,54). The first kappa shape index (κ1) is 45.9. The summed E-state index contributed by atoms with van der Waals surface area (Å²) in [6.45, 7) is -0.0122. The number of allylic oxidation sites excluding steroid dienone is 2. The molecule has 4 heterocycles. The Bertz CT molecular complexity index is 3650. The van der Waals surface area contributed by atoms with Gasteiger partial charge in [-0.3, -0.25) is 18.8 Å². The summed E-state index contributed by atoms with van der Waals surface area (Å²) in [6, 6.07) is 17.7. The monoisotopic (exact) mass is 1040 g/mol. The van der Waals surface area contributed by atoms with Gasteiger partial charge in [0, 0.05) is 49.7 Å². The first-order valence-electron chi connectivity index (χ1n) is 23.0. The molecule has 8 aliphatic rings. The van der Waals surface area contributed by atoms with Gasteiger partial charge in [0.05, 0.1) is 23.3 Å². The second-order valence-electron chi connectivity index (χ2n) is 19.4. The molecule has 8 atom stereocenters. The molecule has 0 saturated heterocycles. The summed E-state index contributed by atoms with van der Waals surface area (Å²) >= 11 is 0. The van der Waals surface area contributed by atoms with Crippen LogP contribution in [0.25, 0.3) is 0 Å². The van der Waals surface area contributed by atoms with E-state index in [1.54, 1.807) is 17.0 Å². The van der Waals surface area contributed by atoms with Crippen LogP contribution in [0.5, 0.6) is 0 Å². The lowest BCUT2D eigenvalue weighted by molar-refractivity contribution is -0.133. The first-order valence-corrected chi connectivity index (χ1v) is 27.7. The Balaban J connectivity index is 0.979. The van der Waals surface area contributed by atoms with Crippen molar-refractivity contribution in [2.24, 2.45) is 44.3 Å². The molecule has 0 spiro atoms. The van der Waals surface area contributed by atoms with E-state index in [2.05, 4.69) is 14.1 Å². The Kier molecular flexibility index (Phi) is 10.2. The molecule has 12 rings (SSSR count). The molecule has 4 aromatic carbocycles. The highest BCUT2D eigenvalue weighted by molar-refractivity contribution is 7.92. The minimum Gasteiger partial charge on any atom is -0.511 e. The molecule has 370 valence electrons. The normalized spacial score (nSPS) is 28.1. The number of anilines is 4. The molecule has 0 radical (unpaired) electrons. The van der Waals surface area contributed by atoms with E-state index in [0.717, 1.165) is 22.7 Å². The Morgan fingerprint density at radius 3 is 1.75 bits per heavy atom. The molecule has 4 aromatic rings. The van der Waals surface area contributed by atoms with Gasteiger partial charge in [-0.2, -0.15) is 16.8 Å². The summed E-state index contributed by atoms with van der Waals surface area (Å²) in [4.78, 5) is 33.1. The molecule has 2 saturated carbocycles. The number of aliphatic hydroxyl groups is 2. The second-order valence-corrected chi connectivity index (χ2v) is 24.6. The number of halogens is 2. The Morgan fingerprint density at radius 1 is 0.681 bits per heavy atom. The fourth-order valence-electron chi connectivity index (χ4n) is 12.1. The predicted octanol–water partition coefficient (Wildman–Crippen LogP) is 6.20. The number of fused-ring (bicyclic) bond motifs is 12. The Hall–Kier alpha value is -7.17. The average Bonchev–Trinajstić information content (AvgIpc) is 4.16. The highest BCUT2D eigenvalue weighted by Gasteiger charge is 2.57. The van der Waals surface area contributed by atoms with Gasteiger partial charge in [0.2, 0.25) is 10.0 Å². The van der Waals surface area contributed by atoms with Gasteiger partial charge in [-0.05, 0) is 108 Å². The molecule has 4 aliphatic carbocycles. The maximum absolute atomic E-state index is 15.1. The smallest absolute Gasteiger partial charge is 0.286 e. The van der Waals surface area contributed by atoms with E-state index in [9.17, 15) is 49.0 Å². The van der Waals surface area contributed by atoms with Gasteiger partial charge in [-0.1, -0.05) is 48.6 Å². The van der Waals surface area contributed by atoms with E-state index in [1.807, 2.05) is 24.3 Å². The molecule has 2 amide bonds. The van der Waals surface area contributed by atoms with E-state index < -0.39 is 110 Å². The van der Waals surface area contributed by atoms with Gasteiger partial charge < -0.3 is 25.3 Å². The number of amides is 2. The SMILES string of the molecule is CN(c1ccc2c(c1)S(=O)(=O)N=C(C1=C(O)C3C4C=CC(C4)C3N(Cc3ccc(F)cc3)C1=O)N2c1ccc2c(c1)S(=O)(=O)N=C(C1=C(O)C3C4C=CC(C4)C3N(Cc3ccc(F)cc3)C1=O)N2)S(C)(=O)=O. The molecule has 2 fully saturated rings. The van der Waals surface area contributed by atoms with Gasteiger partial charge in [0.1, 0.15) is 44.1 Å². The minimum atomic E-state index is -4.83. The maximum atomic E-state index is 15.1. The number of hydrogen-bond donors (Lipinski definition) is 3. The number of sulfonamides is 3. The number of benzene rings is 4. The highest BCUT2D eigenvalue weighted by Crippen LogP contribution is 2.55. The van der Waals surface area contributed by atoms with Crippen LogP contribution in [0.3, 0.4) is 0 Å². The highest BCUT2D eigenvalue weighted by atomic mass is 32.2. The van der Waals surface area contributed by atoms with Gasteiger partial charge >= 0.3 is 0 Å². The number of nitrogens with zero attached hydrogens (tertiary/aromatic N) is 6. The third-order valence-electron chi connectivity index (χ3n) is 15.3. The topological polar surface area (TPSA) is 227 Å². The first-order chi connectivity index (χ1) is 34.2. The van der Waals surface area contributed by atoms with Crippen LogP contribution in [-0.4, -0.2) is 94.1 Å². The molecular formula is C50H43F2N7O10S3. The molecule has 0 aromatic heterocycles. The fraction of sp³-hybridized carbons (Fsp3) is 0.280. The van der Waals surface area contributed by atoms with Gasteiger partial charge in [-0.15, -0.1) is 8.80 Å². The summed E-state index contributed by atoms with van der Waals surface area (Å²) in [6.07, 6.45) is 10.0. The van der Waals surface area contributed by atoms with Gasteiger partial charge in [-0.25, -0.2) is 17.2 Å². The van der Waals surface area contributed by atoms with E-state index >= 15 is 4.79 Å². The number of rotatable bonds is 9. The lowest BCUT2D eigenvalue weighted by Gasteiger charge is -2.44. The van der Waals surface area contributed by atoms with Crippen LogP contribution in [0.1, 0.15) is 24.0 Å². The largest absolute Gasteiger partial charge is 0.511 e. The summed E-state index contributed by atoms with van der Waals surface area (Å²) < 4.78 is 120. The van der Waals surface area contributed by atoms with Crippen molar-refractivity contribution >= 4 is 76.3 Å². The predicted molar refractivity (Wildman–Crippen MR) is 260 cm³/mol. The van der Waals surface area contributed by atoms with Crippen molar-refractivity contribution in [3.05, 3.63) is 155 Å². The zero-order valence-corrected chi connectivity index (χ0v) is 40.6. The minimum absolute atomic E-state index is 0.0366. The summed E-state index contributed by atoms with van der Waals surface area (Å²) in [5.74, 6) is -6.18. The lowest BCUT2D eigenvalue weighted by Crippen LogP contribution is -2.54. The zero-order valence-electron chi connectivity index (χ0n) is 38.2. The molecule has 8 unspecified atom stereocenters. The molecule has 72 heavy (non-hydrogen) atoms. The Morgan fingerprint density at radius 2 is 1.19 bits per heavy atom. The number of amidine groups is 2. The number of nitrogens with one attached hydrogen (secondary N) is 1. The van der Waals surface area contributed by atoms with Gasteiger partial charge in [0.15, 0.2) is 11.7 Å². The van der Waals surface area contributed by atoms with Crippen LogP contribution in [0.4, 0.5) is 31.5 Å². The van der Waals surface area contributed by atoms with Crippen LogP contribution >= 0.6 is 0 Å². The third-order valence-corrected chi connectivity index (χ3v) is 19.2. The van der Waals surface area contributed by atoms with Crippen LogP contribution in [0.2, 0.25) is 0 Å². The molecule has 17 nitrogen and oxygen atoms in total. The molecular weight excluding hydrogens is 993 g/mol. The molecule has 4 bridgehead atoms. The van der Waals surface area contributed by atoms with Crippen molar-refractivity contribution in [2.45, 2.75) is 47.8 Å². The zero-order chi connectivity index (χ0) is 50.5. The van der Waals surface area contributed by atoms with Crippen LogP contribution in [-0.2, 0) is 52.7 Å². The van der Waals surface area contributed by atoms with Crippen molar-refractivity contribution in [2.75, 3.05) is 27.8 Å². The summed E-state index contributed by atoms with van der Waals surface area (Å²) in [5, 5.41) is 27.2. The van der Waals surface area contributed by atoms with Gasteiger partial charge in [0.25, 0.3) is 31.9 Å². The number of carbonyl (C=O) groups excluding carboxylic acids is 2. The molecule has 3 N–H and O–H groups in total. The number of carbonyl (C=O) groups is 2. The average molecular weight is 1040 g/mol. The quantitative estimate of drug-likeness (QED) is 0.159. The van der Waals surface area contributed by atoms with Crippen molar-refractivity contribution in [1.29, 1.82) is 0 Å². The lowest BCUT2D eigenvalue weighted by atomic mass is 9.80. The van der Waals surface area contributed by atoms with Crippen molar-refractivity contribution in [3.63, 3.8) is 0 Å². The van der Waals surface area contributed by atoms with Crippen molar-refractivity contribution in [1.82, 2.24) is 9.80 Å². The van der Waals surface area contributed by atoms with Crippen LogP contribution in [0.15, 0.2) is 150 Å². The Labute approximate surface area is 412 Å². The van der Waals surface area contributed by atoms with Crippen LogP contribution < -0.4 is 14.5 Å². The second kappa shape index (κ2) is 15.9. The number of hydrogen-bond acceptors (Lipinski definition) is 12. The van der Waals surface area contributed by atoms with E-state index in [1.165, 1.54) is 77.5 Å². The fourth-order valence-corrected chi connectivity index (χ4v) is 14.9. The van der Waals surface area contributed by atoms with Crippen molar-refractivity contribution in [3.8, 4) is 0 Å². The van der Waals surface area contributed by atoms with E-state index in [4.69, 9.17) is 0 Å². The summed E-state index contributed by atoms with van der Waals surface area (Å²) in [7, 11) is -12.3. The number of aliphatic hydroxyl groups excluding tert-OH is 2. The maximum Gasteiger partial charge on any atom is 0.286 e. The molecule has 22 heteroatoms. The van der Waals surface area contributed by atoms with Crippen molar-refractivity contribution < 1.29 is 53.8 Å². The summed E-state index contributed by atoms with van der Waals surface area (Å²) in [5.41, 5.74) is -0.0715. The third kappa shape index (κ3) is 7.03. The van der Waals surface area contributed by atoms with Crippen LogP contribution in [0, 0.1) is 47.1 Å². The van der Waals surface area contributed by atoms with E-state index in [-0.39, 0.29) is 70.8 Å². The van der Waals surface area contributed by atoms with E-state index in [0.29, 0.717) is 24.0 Å². The molecule has 4 aliphatic heterocycles.